The molecular weight excluding hydrogens is 206 g/mol. The van der Waals surface area contributed by atoms with Gasteiger partial charge in [-0.25, -0.2) is 4.79 Å². The molecule has 0 aromatic carbocycles. The lowest BCUT2D eigenvalue weighted by Gasteiger charge is -2.34. The first kappa shape index (κ1) is 11.2. The Labute approximate surface area is 94.9 Å². The molecule has 1 saturated carbocycles. The molecule has 0 saturated heterocycles. The van der Waals surface area contributed by atoms with Gasteiger partial charge in [0.1, 0.15) is 5.76 Å². The molecule has 88 valence electrons. The topological polar surface area (TPSA) is 53.7 Å². The molecule has 0 unspecified atom stereocenters. The van der Waals surface area contributed by atoms with Crippen molar-refractivity contribution in [2.75, 3.05) is 7.05 Å². The molecule has 1 N–H and O–H groups in total. The number of furan rings is 1. The van der Waals surface area contributed by atoms with E-state index in [1.54, 1.807) is 6.07 Å². The standard InChI is InChI=1S/C12H17NO3/c1-8-9(6-11(16-8)12(14)15)7-13(2)10-4-3-5-10/h6,10H,3-5,7H2,1-2H3,(H,14,15). The van der Waals surface area contributed by atoms with Crippen molar-refractivity contribution >= 4 is 5.97 Å². The lowest BCUT2D eigenvalue weighted by molar-refractivity contribution is 0.0661. The molecule has 1 fully saturated rings. The van der Waals surface area contributed by atoms with Crippen LogP contribution < -0.4 is 0 Å². The molecule has 16 heavy (non-hydrogen) atoms. The molecule has 1 aliphatic rings. The molecule has 1 aliphatic carbocycles. The van der Waals surface area contributed by atoms with E-state index in [4.69, 9.17) is 9.52 Å². The van der Waals surface area contributed by atoms with Gasteiger partial charge in [-0.1, -0.05) is 6.42 Å². The molecule has 1 aromatic rings. The Morgan fingerprint density at radius 1 is 1.62 bits per heavy atom. The number of rotatable bonds is 4. The molecule has 4 nitrogen and oxygen atoms in total. The third-order valence-corrected chi connectivity index (χ3v) is 3.35. The van der Waals surface area contributed by atoms with Crippen LogP contribution in [0.3, 0.4) is 0 Å². The van der Waals surface area contributed by atoms with E-state index in [0.29, 0.717) is 11.8 Å². The third kappa shape index (κ3) is 2.11. The van der Waals surface area contributed by atoms with Gasteiger partial charge in [0.2, 0.25) is 5.76 Å². The largest absolute Gasteiger partial charge is 0.475 e. The maximum atomic E-state index is 10.7. The van der Waals surface area contributed by atoms with Gasteiger partial charge in [0.25, 0.3) is 0 Å². The van der Waals surface area contributed by atoms with Gasteiger partial charge in [-0.3, -0.25) is 4.90 Å². The quantitative estimate of drug-likeness (QED) is 0.850. The molecular formula is C12H17NO3. The first-order valence-corrected chi connectivity index (χ1v) is 5.61. The van der Waals surface area contributed by atoms with Crippen molar-refractivity contribution in [3.63, 3.8) is 0 Å². The second-order valence-electron chi connectivity index (χ2n) is 4.50. The van der Waals surface area contributed by atoms with Gasteiger partial charge in [0.05, 0.1) is 0 Å². The molecule has 2 rings (SSSR count). The summed E-state index contributed by atoms with van der Waals surface area (Å²) in [5, 5.41) is 8.82. The number of aromatic carboxylic acids is 1. The SMILES string of the molecule is Cc1oc(C(=O)O)cc1CN(C)C1CCC1. The van der Waals surface area contributed by atoms with E-state index in [1.807, 2.05) is 6.92 Å². The lowest BCUT2D eigenvalue weighted by atomic mass is 9.91. The highest BCUT2D eigenvalue weighted by atomic mass is 16.4. The summed E-state index contributed by atoms with van der Waals surface area (Å²) in [5.74, 6) is -0.251. The molecule has 1 aromatic heterocycles. The number of hydrogen-bond acceptors (Lipinski definition) is 3. The van der Waals surface area contributed by atoms with Crippen LogP contribution in [0.25, 0.3) is 0 Å². The predicted octanol–water partition coefficient (Wildman–Crippen LogP) is 2.27. The van der Waals surface area contributed by atoms with E-state index in [-0.39, 0.29) is 5.76 Å². The average Bonchev–Trinajstić information content (AvgIpc) is 2.44. The van der Waals surface area contributed by atoms with E-state index in [2.05, 4.69) is 11.9 Å². The van der Waals surface area contributed by atoms with Gasteiger partial charge < -0.3 is 9.52 Å². The first-order valence-electron chi connectivity index (χ1n) is 5.61. The fourth-order valence-electron chi connectivity index (χ4n) is 2.01. The Morgan fingerprint density at radius 3 is 2.75 bits per heavy atom. The number of nitrogens with zero attached hydrogens (tertiary/aromatic N) is 1. The van der Waals surface area contributed by atoms with Crippen LogP contribution in [-0.2, 0) is 6.54 Å². The van der Waals surface area contributed by atoms with E-state index >= 15 is 0 Å². The van der Waals surface area contributed by atoms with Crippen molar-refractivity contribution in [2.45, 2.75) is 38.8 Å². The van der Waals surface area contributed by atoms with Gasteiger partial charge in [-0.15, -0.1) is 0 Å². The van der Waals surface area contributed by atoms with Crippen molar-refractivity contribution in [3.8, 4) is 0 Å². The minimum Gasteiger partial charge on any atom is -0.475 e. The number of hydrogen-bond donors (Lipinski definition) is 1. The molecule has 0 bridgehead atoms. The minimum absolute atomic E-state index is 0.0366. The van der Waals surface area contributed by atoms with Crippen LogP contribution in [0, 0.1) is 6.92 Å². The Hall–Kier alpha value is -1.29. The van der Waals surface area contributed by atoms with Crippen LogP contribution in [0.15, 0.2) is 10.5 Å². The average molecular weight is 223 g/mol. The Balaban J connectivity index is 2.05. The summed E-state index contributed by atoms with van der Waals surface area (Å²) in [4.78, 5) is 13.0. The summed E-state index contributed by atoms with van der Waals surface area (Å²) in [6, 6.07) is 2.29. The fourth-order valence-corrected chi connectivity index (χ4v) is 2.01. The van der Waals surface area contributed by atoms with Crippen molar-refractivity contribution in [3.05, 3.63) is 23.2 Å². The molecule has 0 atom stereocenters. The van der Waals surface area contributed by atoms with Crippen LogP contribution in [-0.4, -0.2) is 29.1 Å². The summed E-state index contributed by atoms with van der Waals surface area (Å²) in [6.45, 7) is 2.59. The molecule has 0 spiro atoms. The zero-order valence-corrected chi connectivity index (χ0v) is 9.69. The Morgan fingerprint density at radius 2 is 2.31 bits per heavy atom. The summed E-state index contributed by atoms with van der Waals surface area (Å²) in [6.07, 6.45) is 3.80. The minimum atomic E-state index is -0.999. The van der Waals surface area contributed by atoms with Crippen LogP contribution >= 0.6 is 0 Å². The normalized spacial score (nSPS) is 16.4. The highest BCUT2D eigenvalue weighted by molar-refractivity contribution is 5.84. The Kier molecular flexibility index (Phi) is 3.01. The van der Waals surface area contributed by atoms with Crippen molar-refractivity contribution < 1.29 is 14.3 Å². The number of carboxylic acid groups (broad SMARTS) is 1. The maximum absolute atomic E-state index is 10.7. The zero-order valence-electron chi connectivity index (χ0n) is 9.69. The van der Waals surface area contributed by atoms with Crippen LogP contribution in [0.4, 0.5) is 0 Å². The summed E-state index contributed by atoms with van der Waals surface area (Å²) in [7, 11) is 2.08. The fraction of sp³-hybridized carbons (Fsp3) is 0.583. The zero-order chi connectivity index (χ0) is 11.7. The molecule has 0 aliphatic heterocycles. The molecule has 4 heteroatoms. The molecule has 0 radical (unpaired) electrons. The monoisotopic (exact) mass is 223 g/mol. The van der Waals surface area contributed by atoms with Crippen LogP contribution in [0.2, 0.25) is 0 Å². The first-order chi connectivity index (χ1) is 7.58. The highest BCUT2D eigenvalue weighted by Gasteiger charge is 2.23. The summed E-state index contributed by atoms with van der Waals surface area (Å²) < 4.78 is 5.18. The van der Waals surface area contributed by atoms with Gasteiger partial charge >= 0.3 is 5.97 Å². The van der Waals surface area contributed by atoms with Crippen molar-refractivity contribution in [1.29, 1.82) is 0 Å². The molecule has 1 heterocycles. The maximum Gasteiger partial charge on any atom is 0.371 e. The van der Waals surface area contributed by atoms with Gasteiger partial charge in [-0.05, 0) is 32.9 Å². The van der Waals surface area contributed by atoms with Crippen molar-refractivity contribution in [2.24, 2.45) is 0 Å². The lowest BCUT2D eigenvalue weighted by Crippen LogP contribution is -2.36. The second-order valence-corrected chi connectivity index (χ2v) is 4.50. The Bertz CT molecular complexity index is 393. The van der Waals surface area contributed by atoms with E-state index in [1.165, 1.54) is 19.3 Å². The number of aryl methyl sites for hydroxylation is 1. The van der Waals surface area contributed by atoms with Gasteiger partial charge in [0, 0.05) is 18.2 Å². The predicted molar refractivity (Wildman–Crippen MR) is 59.5 cm³/mol. The molecule has 0 amide bonds. The number of carbonyl (C=O) groups is 1. The van der Waals surface area contributed by atoms with E-state index < -0.39 is 5.97 Å². The third-order valence-electron chi connectivity index (χ3n) is 3.35. The number of carboxylic acids is 1. The smallest absolute Gasteiger partial charge is 0.371 e. The summed E-state index contributed by atoms with van der Waals surface area (Å²) >= 11 is 0. The van der Waals surface area contributed by atoms with Crippen molar-refractivity contribution in [1.82, 2.24) is 4.90 Å². The summed E-state index contributed by atoms with van der Waals surface area (Å²) in [5.41, 5.74) is 0.979. The van der Waals surface area contributed by atoms with E-state index in [9.17, 15) is 4.79 Å². The van der Waals surface area contributed by atoms with Gasteiger partial charge in [-0.2, -0.15) is 0 Å². The van der Waals surface area contributed by atoms with Crippen LogP contribution in [0.1, 0.15) is 41.1 Å². The van der Waals surface area contributed by atoms with E-state index in [0.717, 1.165) is 12.1 Å². The van der Waals surface area contributed by atoms with Crippen LogP contribution in [0.5, 0.6) is 0 Å². The van der Waals surface area contributed by atoms with Gasteiger partial charge in [0.15, 0.2) is 0 Å². The highest BCUT2D eigenvalue weighted by Crippen LogP contribution is 2.26. The second kappa shape index (κ2) is 4.29.